The van der Waals surface area contributed by atoms with Crippen LogP contribution in [0.3, 0.4) is 0 Å². The van der Waals surface area contributed by atoms with Gasteiger partial charge in [0.25, 0.3) is 0 Å². The van der Waals surface area contributed by atoms with Crippen molar-refractivity contribution < 1.29 is 18.9 Å². The molecular weight excluding hydrogens is 578 g/mol. The van der Waals surface area contributed by atoms with Crippen molar-refractivity contribution in [1.82, 2.24) is 9.97 Å². The summed E-state index contributed by atoms with van der Waals surface area (Å²) in [7, 11) is 2.04. The van der Waals surface area contributed by atoms with Crippen molar-refractivity contribution >= 4 is 37.7 Å². The molecule has 0 bridgehead atoms. The summed E-state index contributed by atoms with van der Waals surface area (Å²) in [5.74, 6) is 1.35. The van der Waals surface area contributed by atoms with Gasteiger partial charge in [-0.15, -0.1) is 0 Å². The first-order chi connectivity index (χ1) is 16.8. The van der Waals surface area contributed by atoms with Crippen LogP contribution < -0.4 is 4.90 Å². The van der Waals surface area contributed by atoms with Crippen molar-refractivity contribution in [2.24, 2.45) is 5.92 Å². The first-order valence-corrected chi connectivity index (χ1v) is 13.8. The summed E-state index contributed by atoms with van der Waals surface area (Å²) in [4.78, 5) is 11.1. The average molecular weight is 615 g/mol. The number of likely N-dealkylation sites (N-methyl/N-ethyl adjacent to an activating group) is 1. The van der Waals surface area contributed by atoms with E-state index in [9.17, 15) is 0 Å². The fraction of sp³-hybridized carbons (Fsp3) is 0.615. The Morgan fingerprint density at radius 3 is 2.14 bits per heavy atom. The molecule has 4 rings (SSSR count). The van der Waals surface area contributed by atoms with Gasteiger partial charge in [-0.3, -0.25) is 4.98 Å². The molecule has 0 spiro atoms. The van der Waals surface area contributed by atoms with E-state index in [0.29, 0.717) is 32.3 Å². The highest BCUT2D eigenvalue weighted by Crippen LogP contribution is 2.28. The molecule has 0 aromatic carbocycles. The van der Waals surface area contributed by atoms with Gasteiger partial charge in [0, 0.05) is 43.0 Å². The van der Waals surface area contributed by atoms with E-state index in [-0.39, 0.29) is 18.2 Å². The molecular formula is C26H37Br2N3O4. The number of pyridine rings is 2. The van der Waals surface area contributed by atoms with Crippen LogP contribution in [-0.2, 0) is 25.4 Å². The Labute approximate surface area is 226 Å². The van der Waals surface area contributed by atoms with Crippen LogP contribution in [0.15, 0.2) is 33.5 Å². The normalized spacial score (nSPS) is 23.7. The summed E-state index contributed by atoms with van der Waals surface area (Å²) in [6.45, 7) is 12.4. The Hall–Kier alpha value is -1.10. The smallest absolute Gasteiger partial charge is 0.143 e. The Balaban J connectivity index is 0.000000196. The van der Waals surface area contributed by atoms with Crippen LogP contribution in [0.25, 0.3) is 0 Å². The molecule has 0 aliphatic carbocycles. The standard InChI is InChI=1S/C13H19BrN2O2.C13H18BrNO2/c1-4-18-12-8-17-7-11(12)16(3)13-10(14)5-9(2)6-15-13;1-3-17-13-8-16-7-10(13)5-12-11(14)4-9(2)6-15-12/h5-6,11-12H,4,7-8H2,1-3H3;4,6,10,13H,3,5,7-8H2,1-2H3/t11?,12-;10?,13-/m00/s1. The Morgan fingerprint density at radius 2 is 1.49 bits per heavy atom. The van der Waals surface area contributed by atoms with Gasteiger partial charge < -0.3 is 23.8 Å². The number of aromatic nitrogens is 2. The molecule has 2 fully saturated rings. The van der Waals surface area contributed by atoms with Gasteiger partial charge in [0.15, 0.2) is 0 Å². The molecule has 2 aromatic rings. The summed E-state index contributed by atoms with van der Waals surface area (Å²) in [5, 5.41) is 0. The van der Waals surface area contributed by atoms with E-state index in [1.807, 2.05) is 47.1 Å². The minimum absolute atomic E-state index is 0.120. The van der Waals surface area contributed by atoms with Crippen LogP contribution in [0.4, 0.5) is 5.82 Å². The maximum Gasteiger partial charge on any atom is 0.143 e. The lowest BCUT2D eigenvalue weighted by atomic mass is 9.99. The predicted molar refractivity (Wildman–Crippen MR) is 145 cm³/mol. The molecule has 0 N–H and O–H groups in total. The number of nitrogens with zero attached hydrogens (tertiary/aromatic N) is 3. The highest BCUT2D eigenvalue weighted by Gasteiger charge is 2.33. The van der Waals surface area contributed by atoms with Crippen molar-refractivity contribution in [2.75, 3.05) is 51.6 Å². The number of rotatable bonds is 8. The van der Waals surface area contributed by atoms with Crippen molar-refractivity contribution in [3.05, 3.63) is 50.3 Å². The maximum atomic E-state index is 5.71. The topological polar surface area (TPSA) is 65.9 Å². The third kappa shape index (κ3) is 7.94. The summed E-state index contributed by atoms with van der Waals surface area (Å²) < 4.78 is 24.5. The molecule has 7 nitrogen and oxygen atoms in total. The average Bonchev–Trinajstić information content (AvgIpc) is 3.46. The summed E-state index contributed by atoms with van der Waals surface area (Å²) >= 11 is 7.14. The second-order valence-corrected chi connectivity index (χ2v) is 10.7. The molecule has 2 saturated heterocycles. The van der Waals surface area contributed by atoms with Crippen LogP contribution in [0, 0.1) is 19.8 Å². The Morgan fingerprint density at radius 1 is 0.886 bits per heavy atom. The molecule has 0 radical (unpaired) electrons. The fourth-order valence-corrected chi connectivity index (χ4v) is 5.70. The zero-order valence-electron chi connectivity index (χ0n) is 21.3. The van der Waals surface area contributed by atoms with Crippen LogP contribution >= 0.6 is 31.9 Å². The SMILES string of the molecule is CCO[C@H]1COCC1Cc1ncc(C)cc1Br.CCO[C@H]1COCC1N(C)c1ncc(C)cc1Br. The van der Waals surface area contributed by atoms with E-state index in [2.05, 4.69) is 58.9 Å². The molecule has 9 heteroatoms. The first kappa shape index (κ1) is 28.5. The van der Waals surface area contributed by atoms with Crippen molar-refractivity contribution in [2.45, 2.75) is 52.4 Å². The lowest BCUT2D eigenvalue weighted by Crippen LogP contribution is -2.42. The van der Waals surface area contributed by atoms with Gasteiger partial charge in [0.1, 0.15) is 11.9 Å². The van der Waals surface area contributed by atoms with E-state index in [1.54, 1.807) is 0 Å². The lowest BCUT2D eigenvalue weighted by Gasteiger charge is -2.29. The van der Waals surface area contributed by atoms with E-state index in [1.165, 1.54) is 5.56 Å². The second kappa shape index (κ2) is 14.0. The number of hydrogen-bond donors (Lipinski definition) is 0. The van der Waals surface area contributed by atoms with Gasteiger partial charge in [-0.1, -0.05) is 0 Å². The second-order valence-electron chi connectivity index (χ2n) is 8.96. The van der Waals surface area contributed by atoms with E-state index < -0.39 is 0 Å². The Kier molecular flexibility index (Phi) is 11.4. The first-order valence-electron chi connectivity index (χ1n) is 12.2. The van der Waals surface area contributed by atoms with Gasteiger partial charge in [-0.05, 0) is 89.2 Å². The molecule has 0 amide bonds. The van der Waals surface area contributed by atoms with E-state index in [4.69, 9.17) is 18.9 Å². The highest BCUT2D eigenvalue weighted by molar-refractivity contribution is 9.10. The number of anilines is 1. The van der Waals surface area contributed by atoms with E-state index in [0.717, 1.165) is 45.7 Å². The quantitative estimate of drug-likeness (QED) is 0.408. The molecule has 2 aliphatic heterocycles. The largest absolute Gasteiger partial charge is 0.378 e. The lowest BCUT2D eigenvalue weighted by molar-refractivity contribution is 0.0339. The van der Waals surface area contributed by atoms with Crippen molar-refractivity contribution in [1.29, 1.82) is 0 Å². The molecule has 4 atom stereocenters. The predicted octanol–water partition coefficient (Wildman–Crippen LogP) is 5.14. The monoisotopic (exact) mass is 613 g/mol. The highest BCUT2D eigenvalue weighted by atomic mass is 79.9. The van der Waals surface area contributed by atoms with Crippen LogP contribution in [0.2, 0.25) is 0 Å². The number of aryl methyl sites for hydroxylation is 2. The molecule has 35 heavy (non-hydrogen) atoms. The summed E-state index contributed by atoms with van der Waals surface area (Å²) in [6.07, 6.45) is 5.03. The van der Waals surface area contributed by atoms with Gasteiger partial charge in [-0.2, -0.15) is 0 Å². The summed E-state index contributed by atoms with van der Waals surface area (Å²) in [6, 6.07) is 4.40. The van der Waals surface area contributed by atoms with Crippen molar-refractivity contribution in [3.63, 3.8) is 0 Å². The van der Waals surface area contributed by atoms with Crippen LogP contribution in [-0.4, -0.2) is 74.9 Å². The van der Waals surface area contributed by atoms with Gasteiger partial charge in [-0.25, -0.2) is 4.98 Å². The number of ether oxygens (including phenoxy) is 4. The van der Waals surface area contributed by atoms with Gasteiger partial charge >= 0.3 is 0 Å². The third-order valence-electron chi connectivity index (χ3n) is 6.20. The number of hydrogen-bond acceptors (Lipinski definition) is 7. The van der Waals surface area contributed by atoms with Gasteiger partial charge in [0.2, 0.25) is 0 Å². The zero-order chi connectivity index (χ0) is 25.4. The van der Waals surface area contributed by atoms with Crippen LogP contribution in [0.1, 0.15) is 30.7 Å². The maximum absolute atomic E-state index is 5.71. The minimum atomic E-state index is 0.120. The molecule has 0 saturated carbocycles. The fourth-order valence-electron chi connectivity index (χ4n) is 4.33. The summed E-state index contributed by atoms with van der Waals surface area (Å²) in [5.41, 5.74) is 3.41. The molecule has 2 aromatic heterocycles. The molecule has 194 valence electrons. The van der Waals surface area contributed by atoms with Gasteiger partial charge in [0.05, 0.1) is 48.7 Å². The molecule has 4 heterocycles. The minimum Gasteiger partial charge on any atom is -0.378 e. The molecule has 2 unspecified atom stereocenters. The third-order valence-corrected chi connectivity index (χ3v) is 7.47. The molecule has 2 aliphatic rings. The number of halogens is 2. The van der Waals surface area contributed by atoms with E-state index >= 15 is 0 Å². The zero-order valence-corrected chi connectivity index (χ0v) is 24.5. The van der Waals surface area contributed by atoms with Crippen LogP contribution in [0.5, 0.6) is 0 Å². The van der Waals surface area contributed by atoms with Crippen molar-refractivity contribution in [3.8, 4) is 0 Å². The Bertz CT molecular complexity index is 949.